The van der Waals surface area contributed by atoms with Crippen LogP contribution in [0.3, 0.4) is 0 Å². The molecule has 0 saturated carbocycles. The van der Waals surface area contributed by atoms with E-state index in [0.717, 1.165) is 6.42 Å². The first-order valence-electron chi connectivity index (χ1n) is 7.75. The zero-order chi connectivity index (χ0) is 16.5. The van der Waals surface area contributed by atoms with Crippen LogP contribution in [-0.4, -0.2) is 26.2 Å². The maximum absolute atomic E-state index is 11.9. The van der Waals surface area contributed by atoms with E-state index in [2.05, 4.69) is 24.4 Å². The highest BCUT2D eigenvalue weighted by Crippen LogP contribution is 2.25. The van der Waals surface area contributed by atoms with Crippen LogP contribution < -0.4 is 14.8 Å². The number of carbonyl (C=O) groups excluding carboxylic acids is 1. The molecule has 0 aromatic heterocycles. The fraction of sp³-hybridized carbons (Fsp3) is 0.316. The Hall–Kier alpha value is -2.49. The molecule has 0 saturated heterocycles. The Bertz CT molecular complexity index is 613. The SMILES string of the molecule is COc1ccccc1OCC(=O)NCC(C)Cc1ccccc1. The zero-order valence-corrected chi connectivity index (χ0v) is 13.6. The predicted molar refractivity (Wildman–Crippen MR) is 90.8 cm³/mol. The summed E-state index contributed by atoms with van der Waals surface area (Å²) in [7, 11) is 1.58. The normalized spacial score (nSPS) is 11.6. The topological polar surface area (TPSA) is 47.6 Å². The van der Waals surface area contributed by atoms with Gasteiger partial charge in [-0.2, -0.15) is 0 Å². The minimum absolute atomic E-state index is 0.0154. The lowest BCUT2D eigenvalue weighted by molar-refractivity contribution is -0.123. The third-order valence-corrected chi connectivity index (χ3v) is 3.50. The molecule has 0 fully saturated rings. The number of hydrogen-bond donors (Lipinski definition) is 1. The number of hydrogen-bond acceptors (Lipinski definition) is 3. The minimum atomic E-state index is -0.129. The van der Waals surface area contributed by atoms with E-state index in [1.54, 1.807) is 19.2 Å². The molecule has 1 amide bonds. The Kier molecular flexibility index (Phi) is 6.48. The Balaban J connectivity index is 1.72. The summed E-state index contributed by atoms with van der Waals surface area (Å²) in [6, 6.07) is 17.6. The number of para-hydroxylation sites is 2. The second kappa shape index (κ2) is 8.83. The molecule has 122 valence electrons. The van der Waals surface area contributed by atoms with Gasteiger partial charge in [0.05, 0.1) is 7.11 Å². The van der Waals surface area contributed by atoms with Gasteiger partial charge in [0, 0.05) is 6.54 Å². The van der Waals surface area contributed by atoms with Gasteiger partial charge in [-0.15, -0.1) is 0 Å². The Morgan fingerprint density at radius 2 is 1.70 bits per heavy atom. The van der Waals surface area contributed by atoms with Gasteiger partial charge in [-0.1, -0.05) is 49.4 Å². The van der Waals surface area contributed by atoms with Crippen LogP contribution in [0.4, 0.5) is 0 Å². The van der Waals surface area contributed by atoms with E-state index in [1.165, 1.54) is 5.56 Å². The molecule has 2 aromatic carbocycles. The Morgan fingerprint density at radius 1 is 1.04 bits per heavy atom. The van der Waals surface area contributed by atoms with Crippen molar-refractivity contribution >= 4 is 5.91 Å². The number of ether oxygens (including phenoxy) is 2. The molecule has 2 aromatic rings. The summed E-state index contributed by atoms with van der Waals surface area (Å²) in [4.78, 5) is 11.9. The van der Waals surface area contributed by atoms with Gasteiger partial charge >= 0.3 is 0 Å². The summed E-state index contributed by atoms with van der Waals surface area (Å²) in [6.07, 6.45) is 0.939. The largest absolute Gasteiger partial charge is 0.493 e. The van der Waals surface area contributed by atoms with Gasteiger partial charge in [-0.05, 0) is 30.0 Å². The van der Waals surface area contributed by atoms with E-state index in [4.69, 9.17) is 9.47 Å². The van der Waals surface area contributed by atoms with Crippen LogP contribution in [0.5, 0.6) is 11.5 Å². The van der Waals surface area contributed by atoms with Gasteiger partial charge in [-0.3, -0.25) is 4.79 Å². The molecule has 0 aliphatic rings. The lowest BCUT2D eigenvalue weighted by atomic mass is 10.0. The van der Waals surface area contributed by atoms with Crippen LogP contribution in [-0.2, 0) is 11.2 Å². The van der Waals surface area contributed by atoms with Crippen molar-refractivity contribution in [2.45, 2.75) is 13.3 Å². The highest BCUT2D eigenvalue weighted by molar-refractivity contribution is 5.77. The number of amides is 1. The number of nitrogens with one attached hydrogen (secondary N) is 1. The molecule has 4 nitrogen and oxygen atoms in total. The summed E-state index contributed by atoms with van der Waals surface area (Å²) in [5.41, 5.74) is 1.28. The van der Waals surface area contributed by atoms with Crippen molar-refractivity contribution in [2.75, 3.05) is 20.3 Å². The molecule has 23 heavy (non-hydrogen) atoms. The average molecular weight is 313 g/mol. The van der Waals surface area contributed by atoms with Crippen LogP contribution in [0, 0.1) is 5.92 Å². The quantitative estimate of drug-likeness (QED) is 0.815. The third kappa shape index (κ3) is 5.66. The smallest absolute Gasteiger partial charge is 0.257 e. The van der Waals surface area contributed by atoms with Crippen LogP contribution >= 0.6 is 0 Å². The lowest BCUT2D eigenvalue weighted by Gasteiger charge is -2.14. The highest BCUT2D eigenvalue weighted by atomic mass is 16.5. The van der Waals surface area contributed by atoms with Crippen LogP contribution in [0.15, 0.2) is 54.6 Å². The molecule has 0 aliphatic carbocycles. The molecule has 0 radical (unpaired) electrons. The third-order valence-electron chi connectivity index (χ3n) is 3.50. The van der Waals surface area contributed by atoms with Gasteiger partial charge in [0.15, 0.2) is 18.1 Å². The van der Waals surface area contributed by atoms with Gasteiger partial charge in [0.25, 0.3) is 5.91 Å². The Labute approximate surface area is 137 Å². The van der Waals surface area contributed by atoms with Crippen LogP contribution in [0.1, 0.15) is 12.5 Å². The molecule has 0 heterocycles. The van der Waals surface area contributed by atoms with E-state index in [-0.39, 0.29) is 12.5 Å². The summed E-state index contributed by atoms with van der Waals surface area (Å²) < 4.78 is 10.7. The molecule has 1 atom stereocenters. The minimum Gasteiger partial charge on any atom is -0.493 e. The van der Waals surface area contributed by atoms with Crippen molar-refractivity contribution in [3.63, 3.8) is 0 Å². The van der Waals surface area contributed by atoms with E-state index >= 15 is 0 Å². The second-order valence-corrected chi connectivity index (χ2v) is 5.54. The molecule has 0 spiro atoms. The fourth-order valence-electron chi connectivity index (χ4n) is 2.31. The van der Waals surface area contributed by atoms with E-state index in [0.29, 0.717) is 24.0 Å². The molecule has 0 bridgehead atoms. The highest BCUT2D eigenvalue weighted by Gasteiger charge is 2.09. The standard InChI is InChI=1S/C19H23NO3/c1-15(12-16-8-4-3-5-9-16)13-20-19(21)14-23-18-11-7-6-10-17(18)22-2/h3-11,15H,12-14H2,1-2H3,(H,20,21). The van der Waals surface area contributed by atoms with E-state index in [1.807, 2.05) is 30.3 Å². The molecule has 4 heteroatoms. The lowest BCUT2D eigenvalue weighted by Crippen LogP contribution is -2.33. The van der Waals surface area contributed by atoms with Crippen molar-refractivity contribution in [3.05, 3.63) is 60.2 Å². The summed E-state index contributed by atoms with van der Waals surface area (Å²) in [5.74, 6) is 1.43. The number of carbonyl (C=O) groups is 1. The van der Waals surface area contributed by atoms with Gasteiger partial charge in [0.2, 0.25) is 0 Å². The maximum Gasteiger partial charge on any atom is 0.257 e. The first-order valence-corrected chi connectivity index (χ1v) is 7.75. The summed E-state index contributed by atoms with van der Waals surface area (Å²) in [5, 5.41) is 2.91. The molecule has 0 aliphatic heterocycles. The molecule has 1 N–H and O–H groups in total. The fourth-order valence-corrected chi connectivity index (χ4v) is 2.31. The van der Waals surface area contributed by atoms with Crippen molar-refractivity contribution in [1.82, 2.24) is 5.32 Å². The summed E-state index contributed by atoms with van der Waals surface area (Å²) in [6.45, 7) is 2.73. The molecular weight excluding hydrogens is 290 g/mol. The molecular formula is C19H23NO3. The first-order chi connectivity index (χ1) is 11.2. The van der Waals surface area contributed by atoms with Crippen LogP contribution in [0.25, 0.3) is 0 Å². The zero-order valence-electron chi connectivity index (χ0n) is 13.6. The Morgan fingerprint density at radius 3 is 2.39 bits per heavy atom. The maximum atomic E-state index is 11.9. The molecule has 2 rings (SSSR count). The van der Waals surface area contributed by atoms with Crippen molar-refractivity contribution in [2.24, 2.45) is 5.92 Å². The number of methoxy groups -OCH3 is 1. The monoisotopic (exact) mass is 313 g/mol. The van der Waals surface area contributed by atoms with E-state index in [9.17, 15) is 4.79 Å². The van der Waals surface area contributed by atoms with Crippen molar-refractivity contribution in [1.29, 1.82) is 0 Å². The number of benzene rings is 2. The predicted octanol–water partition coefficient (Wildman–Crippen LogP) is 3.07. The van der Waals surface area contributed by atoms with Gasteiger partial charge < -0.3 is 14.8 Å². The summed E-state index contributed by atoms with van der Waals surface area (Å²) >= 11 is 0. The number of rotatable bonds is 8. The van der Waals surface area contributed by atoms with Crippen molar-refractivity contribution < 1.29 is 14.3 Å². The van der Waals surface area contributed by atoms with Crippen LogP contribution in [0.2, 0.25) is 0 Å². The van der Waals surface area contributed by atoms with E-state index < -0.39 is 0 Å². The molecule has 1 unspecified atom stereocenters. The van der Waals surface area contributed by atoms with Crippen molar-refractivity contribution in [3.8, 4) is 11.5 Å². The first kappa shape index (κ1) is 16.9. The van der Waals surface area contributed by atoms with Gasteiger partial charge in [0.1, 0.15) is 0 Å². The second-order valence-electron chi connectivity index (χ2n) is 5.54. The average Bonchev–Trinajstić information content (AvgIpc) is 2.59. The van der Waals surface area contributed by atoms with Gasteiger partial charge in [-0.25, -0.2) is 0 Å².